The average Bonchev–Trinajstić information content (AvgIpc) is 2.29. The summed E-state index contributed by atoms with van der Waals surface area (Å²) >= 11 is 0. The zero-order chi connectivity index (χ0) is 11.8. The molecule has 3 unspecified atom stereocenters. The Kier molecular flexibility index (Phi) is 7.06. The highest BCUT2D eigenvalue weighted by Gasteiger charge is 2.26. The molecule has 0 aromatic heterocycles. The zero-order valence-electron chi connectivity index (χ0n) is 11.3. The molecule has 1 N–H and O–H groups in total. The molecule has 0 radical (unpaired) electrons. The van der Waals surface area contributed by atoms with Crippen molar-refractivity contribution in [2.45, 2.75) is 58.4 Å². The third kappa shape index (κ3) is 4.84. The molecule has 0 aliphatic heterocycles. The molecule has 16 heavy (non-hydrogen) atoms. The van der Waals surface area contributed by atoms with Gasteiger partial charge in [0.2, 0.25) is 0 Å². The Balaban J connectivity index is 2.16. The Hall–Kier alpha value is -0.0800. The second kappa shape index (κ2) is 8.08. The monoisotopic (exact) mass is 227 g/mol. The van der Waals surface area contributed by atoms with Crippen molar-refractivity contribution in [3.8, 4) is 0 Å². The summed E-state index contributed by atoms with van der Waals surface area (Å²) in [6, 6.07) is 0.728. The van der Waals surface area contributed by atoms with Gasteiger partial charge in [-0.1, -0.05) is 20.3 Å². The van der Waals surface area contributed by atoms with Crippen LogP contribution in [0.3, 0.4) is 0 Å². The molecule has 0 bridgehead atoms. The normalized spacial score (nSPS) is 30.6. The molecule has 0 aromatic rings. The number of hydrogen-bond acceptors (Lipinski definition) is 2. The van der Waals surface area contributed by atoms with E-state index in [-0.39, 0.29) is 0 Å². The second-order valence-electron chi connectivity index (χ2n) is 5.33. The van der Waals surface area contributed by atoms with Gasteiger partial charge in [-0.2, -0.15) is 0 Å². The molecule has 0 aromatic carbocycles. The quantitative estimate of drug-likeness (QED) is 0.674. The molecule has 0 spiro atoms. The second-order valence-corrected chi connectivity index (χ2v) is 5.33. The standard InChI is InChI=1S/C14H29NO/c1-4-5-9-16-10-8-13-11-12(2)6-7-14(13)15-3/h12-15H,4-11H2,1-3H3. The van der Waals surface area contributed by atoms with Gasteiger partial charge in [0.25, 0.3) is 0 Å². The van der Waals surface area contributed by atoms with Crippen molar-refractivity contribution >= 4 is 0 Å². The van der Waals surface area contributed by atoms with E-state index in [4.69, 9.17) is 4.74 Å². The van der Waals surface area contributed by atoms with Crippen LogP contribution in [0, 0.1) is 11.8 Å². The Morgan fingerprint density at radius 2 is 2.06 bits per heavy atom. The summed E-state index contributed by atoms with van der Waals surface area (Å²) < 4.78 is 5.68. The number of unbranched alkanes of at least 4 members (excludes halogenated alkanes) is 1. The maximum Gasteiger partial charge on any atom is 0.0469 e. The van der Waals surface area contributed by atoms with Crippen molar-refractivity contribution in [1.29, 1.82) is 0 Å². The van der Waals surface area contributed by atoms with Gasteiger partial charge in [-0.3, -0.25) is 0 Å². The summed E-state index contributed by atoms with van der Waals surface area (Å²) in [5.41, 5.74) is 0. The minimum Gasteiger partial charge on any atom is -0.381 e. The van der Waals surface area contributed by atoms with Crippen molar-refractivity contribution in [1.82, 2.24) is 5.32 Å². The van der Waals surface area contributed by atoms with Crippen LogP contribution in [-0.2, 0) is 4.74 Å². The summed E-state index contributed by atoms with van der Waals surface area (Å²) in [5, 5.41) is 3.47. The fourth-order valence-corrected chi connectivity index (χ4v) is 2.78. The minimum absolute atomic E-state index is 0.728. The van der Waals surface area contributed by atoms with E-state index in [0.717, 1.165) is 31.1 Å². The molecule has 1 saturated carbocycles. The highest BCUT2D eigenvalue weighted by molar-refractivity contribution is 4.82. The van der Waals surface area contributed by atoms with Crippen LogP contribution in [0.4, 0.5) is 0 Å². The number of rotatable bonds is 7. The van der Waals surface area contributed by atoms with Crippen LogP contribution in [0.25, 0.3) is 0 Å². The first-order valence-corrected chi connectivity index (χ1v) is 7.03. The number of nitrogens with one attached hydrogen (secondary N) is 1. The van der Waals surface area contributed by atoms with E-state index in [0.29, 0.717) is 0 Å². The number of hydrogen-bond donors (Lipinski definition) is 1. The van der Waals surface area contributed by atoms with Gasteiger partial charge in [-0.15, -0.1) is 0 Å². The molecule has 1 rings (SSSR count). The largest absolute Gasteiger partial charge is 0.381 e. The third-order valence-corrected chi connectivity index (χ3v) is 3.89. The van der Waals surface area contributed by atoms with Gasteiger partial charge < -0.3 is 10.1 Å². The van der Waals surface area contributed by atoms with Crippen molar-refractivity contribution in [2.75, 3.05) is 20.3 Å². The average molecular weight is 227 g/mol. The van der Waals surface area contributed by atoms with Crippen molar-refractivity contribution < 1.29 is 4.74 Å². The topological polar surface area (TPSA) is 21.3 Å². The van der Waals surface area contributed by atoms with Gasteiger partial charge in [0.15, 0.2) is 0 Å². The molecule has 0 saturated heterocycles. The fraction of sp³-hybridized carbons (Fsp3) is 1.00. The first-order chi connectivity index (χ1) is 7.77. The van der Waals surface area contributed by atoms with Crippen LogP contribution in [0.15, 0.2) is 0 Å². The maximum atomic E-state index is 5.68. The van der Waals surface area contributed by atoms with E-state index >= 15 is 0 Å². The lowest BCUT2D eigenvalue weighted by Crippen LogP contribution is -2.38. The van der Waals surface area contributed by atoms with E-state index in [2.05, 4.69) is 26.2 Å². The lowest BCUT2D eigenvalue weighted by atomic mass is 9.77. The van der Waals surface area contributed by atoms with Gasteiger partial charge in [0.1, 0.15) is 0 Å². The smallest absolute Gasteiger partial charge is 0.0469 e. The molecule has 1 fully saturated rings. The Labute approximate surface area is 101 Å². The number of ether oxygens (including phenoxy) is 1. The van der Waals surface area contributed by atoms with Crippen LogP contribution >= 0.6 is 0 Å². The molecule has 1 aliphatic carbocycles. The van der Waals surface area contributed by atoms with Gasteiger partial charge >= 0.3 is 0 Å². The molecule has 2 heteroatoms. The Bertz CT molecular complexity index is 172. The summed E-state index contributed by atoms with van der Waals surface area (Å²) in [6.45, 7) is 6.50. The van der Waals surface area contributed by atoms with Crippen molar-refractivity contribution in [2.24, 2.45) is 11.8 Å². The fourth-order valence-electron chi connectivity index (χ4n) is 2.78. The molecule has 0 heterocycles. The van der Waals surface area contributed by atoms with E-state index in [1.165, 1.54) is 38.5 Å². The lowest BCUT2D eigenvalue weighted by molar-refractivity contribution is 0.0973. The van der Waals surface area contributed by atoms with E-state index < -0.39 is 0 Å². The highest BCUT2D eigenvalue weighted by atomic mass is 16.5. The van der Waals surface area contributed by atoms with Crippen LogP contribution in [0.5, 0.6) is 0 Å². The van der Waals surface area contributed by atoms with Gasteiger partial charge in [0, 0.05) is 19.3 Å². The van der Waals surface area contributed by atoms with Crippen LogP contribution in [0.2, 0.25) is 0 Å². The molecule has 1 aliphatic rings. The van der Waals surface area contributed by atoms with Crippen LogP contribution in [0.1, 0.15) is 52.4 Å². The first-order valence-electron chi connectivity index (χ1n) is 7.03. The highest BCUT2D eigenvalue weighted by Crippen LogP contribution is 2.30. The first kappa shape index (κ1) is 14.0. The predicted molar refractivity (Wildman–Crippen MR) is 69.7 cm³/mol. The van der Waals surface area contributed by atoms with E-state index in [1.807, 2.05) is 0 Å². The molecular formula is C14H29NO. The predicted octanol–water partition coefficient (Wildman–Crippen LogP) is 3.22. The van der Waals surface area contributed by atoms with Gasteiger partial charge in [0.05, 0.1) is 0 Å². The third-order valence-electron chi connectivity index (χ3n) is 3.89. The van der Waals surface area contributed by atoms with Crippen molar-refractivity contribution in [3.05, 3.63) is 0 Å². The van der Waals surface area contributed by atoms with E-state index in [1.54, 1.807) is 0 Å². The molecule has 3 atom stereocenters. The molecule has 2 nitrogen and oxygen atoms in total. The summed E-state index contributed by atoms with van der Waals surface area (Å²) in [4.78, 5) is 0. The van der Waals surface area contributed by atoms with E-state index in [9.17, 15) is 0 Å². The van der Waals surface area contributed by atoms with Gasteiger partial charge in [-0.05, 0) is 51.0 Å². The van der Waals surface area contributed by atoms with Crippen LogP contribution < -0.4 is 5.32 Å². The van der Waals surface area contributed by atoms with Crippen molar-refractivity contribution in [3.63, 3.8) is 0 Å². The van der Waals surface area contributed by atoms with Crippen LogP contribution in [-0.4, -0.2) is 26.3 Å². The Morgan fingerprint density at radius 1 is 1.25 bits per heavy atom. The summed E-state index contributed by atoms with van der Waals surface area (Å²) in [5.74, 6) is 1.74. The summed E-state index contributed by atoms with van der Waals surface area (Å²) in [7, 11) is 2.10. The summed E-state index contributed by atoms with van der Waals surface area (Å²) in [6.07, 6.45) is 7.79. The maximum absolute atomic E-state index is 5.68. The van der Waals surface area contributed by atoms with Gasteiger partial charge in [-0.25, -0.2) is 0 Å². The minimum atomic E-state index is 0.728. The zero-order valence-corrected chi connectivity index (χ0v) is 11.3. The lowest BCUT2D eigenvalue weighted by Gasteiger charge is -2.34. The Morgan fingerprint density at radius 3 is 2.75 bits per heavy atom. The molecule has 96 valence electrons. The molecule has 0 amide bonds. The molecular weight excluding hydrogens is 198 g/mol. The SMILES string of the molecule is CCCCOCCC1CC(C)CCC1NC.